The summed E-state index contributed by atoms with van der Waals surface area (Å²) in [5.74, 6) is 0.833. The first kappa shape index (κ1) is 19.6. The van der Waals surface area contributed by atoms with Gasteiger partial charge in [-0.3, -0.25) is 9.59 Å². The highest BCUT2D eigenvalue weighted by atomic mass is 79.9. The second-order valence-corrected chi connectivity index (χ2v) is 9.77. The summed E-state index contributed by atoms with van der Waals surface area (Å²) in [5, 5.41) is 7.88. The van der Waals surface area contributed by atoms with E-state index in [9.17, 15) is 9.59 Å². The molecule has 0 saturated carbocycles. The fourth-order valence-corrected chi connectivity index (χ4v) is 6.09. The lowest BCUT2D eigenvalue weighted by Gasteiger charge is -2.23. The Morgan fingerprint density at radius 2 is 2.07 bits per heavy atom. The second-order valence-electron chi connectivity index (χ2n) is 6.11. The lowest BCUT2D eigenvalue weighted by molar-refractivity contribution is -0.124. The standard InChI is InChI=1S/C19H16BrN3O2S3/c20-14-5-2-1-4-13(14)19(25)23-11-26-10-15(23)17(24)21-8-12-9-28-18(22-12)16-6-3-7-27-16/h1-7,9,15H,8,10-11H2,(H,21,24)/t15-/m1/s1. The number of nitrogens with zero attached hydrogens (tertiary/aromatic N) is 2. The van der Waals surface area contributed by atoms with Gasteiger partial charge in [0.05, 0.1) is 28.6 Å². The summed E-state index contributed by atoms with van der Waals surface area (Å²) >= 11 is 8.22. The highest BCUT2D eigenvalue weighted by Gasteiger charge is 2.35. The number of thiazole rings is 1. The van der Waals surface area contributed by atoms with Gasteiger partial charge in [0.25, 0.3) is 5.91 Å². The van der Waals surface area contributed by atoms with Gasteiger partial charge in [0, 0.05) is 15.6 Å². The SMILES string of the molecule is O=C(NCc1csc(-c2cccs2)n1)[C@H]1CSCN1C(=O)c1ccccc1Br. The zero-order valence-electron chi connectivity index (χ0n) is 14.6. The van der Waals surface area contributed by atoms with E-state index < -0.39 is 6.04 Å². The molecule has 1 aliphatic rings. The Labute approximate surface area is 183 Å². The van der Waals surface area contributed by atoms with Crippen LogP contribution in [0.15, 0.2) is 51.6 Å². The van der Waals surface area contributed by atoms with Crippen molar-refractivity contribution in [2.45, 2.75) is 12.6 Å². The maximum Gasteiger partial charge on any atom is 0.256 e. The Bertz CT molecular complexity index is 990. The molecule has 1 fully saturated rings. The molecule has 28 heavy (non-hydrogen) atoms. The minimum Gasteiger partial charge on any atom is -0.349 e. The number of halogens is 1. The lowest BCUT2D eigenvalue weighted by atomic mass is 10.1. The van der Waals surface area contributed by atoms with Crippen LogP contribution in [-0.2, 0) is 11.3 Å². The van der Waals surface area contributed by atoms with Crippen molar-refractivity contribution in [2.75, 3.05) is 11.6 Å². The summed E-state index contributed by atoms with van der Waals surface area (Å²) in [4.78, 5) is 33.0. The molecule has 2 amide bonds. The third-order valence-corrected chi connectivity index (χ3v) is 7.91. The van der Waals surface area contributed by atoms with Crippen molar-refractivity contribution in [3.05, 3.63) is 62.9 Å². The van der Waals surface area contributed by atoms with Gasteiger partial charge in [-0.15, -0.1) is 34.4 Å². The molecule has 1 atom stereocenters. The summed E-state index contributed by atoms with van der Waals surface area (Å²) in [5.41, 5.74) is 1.40. The molecule has 0 radical (unpaired) electrons. The third-order valence-electron chi connectivity index (χ3n) is 4.28. The molecular formula is C19H16BrN3O2S3. The minimum absolute atomic E-state index is 0.133. The number of benzene rings is 1. The molecule has 3 heterocycles. The zero-order chi connectivity index (χ0) is 19.5. The molecule has 0 unspecified atom stereocenters. The molecule has 1 aliphatic heterocycles. The van der Waals surface area contributed by atoms with E-state index in [2.05, 4.69) is 26.2 Å². The third kappa shape index (κ3) is 4.17. The van der Waals surface area contributed by atoms with Crippen molar-refractivity contribution in [3.8, 4) is 9.88 Å². The largest absolute Gasteiger partial charge is 0.349 e. The Kier molecular flexibility index (Phi) is 6.15. The van der Waals surface area contributed by atoms with Gasteiger partial charge in [-0.1, -0.05) is 18.2 Å². The highest BCUT2D eigenvalue weighted by molar-refractivity contribution is 9.10. The van der Waals surface area contributed by atoms with Gasteiger partial charge in [-0.05, 0) is 39.5 Å². The van der Waals surface area contributed by atoms with Crippen molar-refractivity contribution in [1.29, 1.82) is 0 Å². The van der Waals surface area contributed by atoms with Gasteiger partial charge in [0.15, 0.2) is 0 Å². The van der Waals surface area contributed by atoms with E-state index >= 15 is 0 Å². The number of amides is 2. The Hall–Kier alpha value is -1.68. The topological polar surface area (TPSA) is 62.3 Å². The van der Waals surface area contributed by atoms with Crippen LogP contribution >= 0.6 is 50.4 Å². The molecule has 0 spiro atoms. The Balaban J connectivity index is 1.40. The first-order valence-corrected chi connectivity index (χ1v) is 12.2. The van der Waals surface area contributed by atoms with E-state index in [-0.39, 0.29) is 11.8 Å². The van der Waals surface area contributed by atoms with Crippen LogP contribution in [0.3, 0.4) is 0 Å². The molecule has 144 valence electrons. The average molecular weight is 494 g/mol. The predicted molar refractivity (Wildman–Crippen MR) is 119 cm³/mol. The van der Waals surface area contributed by atoms with E-state index in [1.54, 1.807) is 45.4 Å². The summed E-state index contributed by atoms with van der Waals surface area (Å²) in [6.07, 6.45) is 0. The van der Waals surface area contributed by atoms with Gasteiger partial charge in [-0.25, -0.2) is 4.98 Å². The van der Waals surface area contributed by atoms with Crippen LogP contribution in [0.25, 0.3) is 9.88 Å². The maximum atomic E-state index is 12.9. The molecule has 1 saturated heterocycles. The van der Waals surface area contributed by atoms with E-state index in [0.29, 0.717) is 23.7 Å². The van der Waals surface area contributed by atoms with E-state index in [1.165, 1.54) is 0 Å². The van der Waals surface area contributed by atoms with Crippen LogP contribution in [0.4, 0.5) is 0 Å². The fraction of sp³-hybridized carbons (Fsp3) is 0.211. The minimum atomic E-state index is -0.472. The molecule has 3 aromatic rings. The normalized spacial score (nSPS) is 16.3. The van der Waals surface area contributed by atoms with E-state index in [1.807, 2.05) is 41.1 Å². The van der Waals surface area contributed by atoms with Crippen molar-refractivity contribution in [2.24, 2.45) is 0 Å². The van der Waals surface area contributed by atoms with Gasteiger partial charge >= 0.3 is 0 Å². The van der Waals surface area contributed by atoms with Crippen molar-refractivity contribution >= 4 is 62.2 Å². The van der Waals surface area contributed by atoms with E-state index in [4.69, 9.17) is 0 Å². The van der Waals surface area contributed by atoms with Gasteiger partial charge < -0.3 is 10.2 Å². The summed E-state index contributed by atoms with van der Waals surface area (Å²) in [6.45, 7) is 0.360. The number of nitrogens with one attached hydrogen (secondary N) is 1. The average Bonchev–Trinajstić information content (AvgIpc) is 3.47. The maximum absolute atomic E-state index is 12.9. The Morgan fingerprint density at radius 3 is 2.86 bits per heavy atom. The number of rotatable bonds is 5. The molecule has 1 aromatic carbocycles. The number of carbonyl (C=O) groups excluding carboxylic acids is 2. The van der Waals surface area contributed by atoms with Gasteiger partial charge in [0.2, 0.25) is 5.91 Å². The number of thiophene rings is 1. The van der Waals surface area contributed by atoms with Crippen molar-refractivity contribution < 1.29 is 9.59 Å². The molecule has 5 nitrogen and oxygen atoms in total. The first-order chi connectivity index (χ1) is 13.6. The molecule has 2 aromatic heterocycles. The summed E-state index contributed by atoms with van der Waals surface area (Å²) in [7, 11) is 0. The zero-order valence-corrected chi connectivity index (χ0v) is 18.7. The lowest BCUT2D eigenvalue weighted by Crippen LogP contribution is -2.47. The Morgan fingerprint density at radius 1 is 1.21 bits per heavy atom. The van der Waals surface area contributed by atoms with Crippen LogP contribution in [0, 0.1) is 0 Å². The smallest absolute Gasteiger partial charge is 0.256 e. The van der Waals surface area contributed by atoms with Crippen LogP contribution in [-0.4, -0.2) is 39.4 Å². The first-order valence-electron chi connectivity index (χ1n) is 8.52. The highest BCUT2D eigenvalue weighted by Crippen LogP contribution is 2.28. The fourth-order valence-electron chi connectivity index (χ4n) is 2.85. The van der Waals surface area contributed by atoms with Gasteiger partial charge in [0.1, 0.15) is 11.0 Å². The molecule has 9 heteroatoms. The number of hydrogen-bond donors (Lipinski definition) is 1. The predicted octanol–water partition coefficient (Wildman–Crippen LogP) is 4.47. The summed E-state index contributed by atoms with van der Waals surface area (Å²) < 4.78 is 0.736. The number of hydrogen-bond acceptors (Lipinski definition) is 6. The van der Waals surface area contributed by atoms with Crippen LogP contribution < -0.4 is 5.32 Å². The van der Waals surface area contributed by atoms with Crippen molar-refractivity contribution in [3.63, 3.8) is 0 Å². The monoisotopic (exact) mass is 493 g/mol. The summed E-state index contributed by atoms with van der Waals surface area (Å²) in [6, 6.07) is 10.8. The van der Waals surface area contributed by atoms with Crippen LogP contribution in [0.2, 0.25) is 0 Å². The molecular weight excluding hydrogens is 478 g/mol. The molecule has 1 N–H and O–H groups in total. The molecule has 4 rings (SSSR count). The van der Waals surface area contributed by atoms with Crippen LogP contribution in [0.1, 0.15) is 16.1 Å². The van der Waals surface area contributed by atoms with Crippen molar-refractivity contribution in [1.82, 2.24) is 15.2 Å². The second kappa shape index (κ2) is 8.77. The van der Waals surface area contributed by atoms with Gasteiger partial charge in [-0.2, -0.15) is 0 Å². The number of aromatic nitrogens is 1. The molecule has 0 aliphatic carbocycles. The van der Waals surface area contributed by atoms with Crippen LogP contribution in [0.5, 0.6) is 0 Å². The van der Waals surface area contributed by atoms with E-state index in [0.717, 1.165) is 20.1 Å². The number of thioether (sulfide) groups is 1. The number of carbonyl (C=O) groups is 2. The molecule has 0 bridgehead atoms. The quantitative estimate of drug-likeness (QED) is 0.569.